The molecular formula is C24H25N3O2. The number of fused-ring (bicyclic) bond motifs is 3. The summed E-state index contributed by atoms with van der Waals surface area (Å²) in [5.41, 5.74) is 4.29. The van der Waals surface area contributed by atoms with Crippen molar-refractivity contribution in [3.05, 3.63) is 78.4 Å². The molecule has 1 unspecified atom stereocenters. The molecule has 3 aromatic carbocycles. The van der Waals surface area contributed by atoms with Gasteiger partial charge in [0.15, 0.2) is 0 Å². The van der Waals surface area contributed by atoms with E-state index >= 15 is 0 Å². The molecule has 5 nitrogen and oxygen atoms in total. The molecule has 0 bridgehead atoms. The number of aliphatic hydroxyl groups excluding tert-OH is 2. The van der Waals surface area contributed by atoms with Crippen LogP contribution in [0.15, 0.2) is 77.9 Å². The fourth-order valence-electron chi connectivity index (χ4n) is 3.71. The first-order valence-corrected chi connectivity index (χ1v) is 9.87. The van der Waals surface area contributed by atoms with Crippen LogP contribution in [-0.4, -0.2) is 40.3 Å². The summed E-state index contributed by atoms with van der Waals surface area (Å²) < 4.78 is 2.32. The summed E-state index contributed by atoms with van der Waals surface area (Å²) in [5, 5.41) is 27.9. The van der Waals surface area contributed by atoms with Gasteiger partial charge in [-0.15, -0.1) is 0 Å². The Bertz CT molecular complexity index is 1140. The highest BCUT2D eigenvalue weighted by atomic mass is 16.3. The third-order valence-corrected chi connectivity index (χ3v) is 5.11. The number of hydrazone groups is 1. The lowest BCUT2D eigenvalue weighted by Gasteiger charge is -2.21. The molecule has 5 heteroatoms. The first kappa shape index (κ1) is 19.2. The summed E-state index contributed by atoms with van der Waals surface area (Å²) in [6.45, 7) is 2.99. The van der Waals surface area contributed by atoms with Crippen molar-refractivity contribution in [3.8, 4) is 0 Å². The largest absolute Gasteiger partial charge is 0.394 e. The Labute approximate surface area is 170 Å². The lowest BCUT2D eigenvalue weighted by molar-refractivity contribution is 0.100. The lowest BCUT2D eigenvalue weighted by Crippen LogP contribution is -2.30. The Kier molecular flexibility index (Phi) is 5.60. The van der Waals surface area contributed by atoms with E-state index in [0.29, 0.717) is 0 Å². The number of aliphatic hydroxyl groups is 2. The van der Waals surface area contributed by atoms with Crippen LogP contribution in [0.4, 0.5) is 5.69 Å². The minimum absolute atomic E-state index is 0.217. The van der Waals surface area contributed by atoms with Gasteiger partial charge in [0.1, 0.15) is 0 Å². The van der Waals surface area contributed by atoms with Crippen molar-refractivity contribution in [2.24, 2.45) is 5.10 Å². The van der Waals surface area contributed by atoms with Gasteiger partial charge in [0, 0.05) is 28.4 Å². The maximum absolute atomic E-state index is 9.91. The van der Waals surface area contributed by atoms with Gasteiger partial charge in [-0.3, -0.25) is 5.01 Å². The molecule has 1 heterocycles. The van der Waals surface area contributed by atoms with Crippen molar-refractivity contribution < 1.29 is 10.2 Å². The zero-order valence-electron chi connectivity index (χ0n) is 16.4. The van der Waals surface area contributed by atoms with E-state index in [0.717, 1.165) is 17.8 Å². The molecular weight excluding hydrogens is 362 g/mol. The van der Waals surface area contributed by atoms with Crippen LogP contribution in [0, 0.1) is 0 Å². The quantitative estimate of drug-likeness (QED) is 0.372. The molecule has 2 N–H and O–H groups in total. The van der Waals surface area contributed by atoms with E-state index in [4.69, 9.17) is 0 Å². The molecule has 0 radical (unpaired) electrons. The molecule has 0 saturated heterocycles. The van der Waals surface area contributed by atoms with Crippen molar-refractivity contribution >= 4 is 33.7 Å². The molecule has 1 atom stereocenters. The van der Waals surface area contributed by atoms with Gasteiger partial charge < -0.3 is 14.8 Å². The van der Waals surface area contributed by atoms with Crippen molar-refractivity contribution in [3.63, 3.8) is 0 Å². The third kappa shape index (κ3) is 3.88. The second-order valence-electron chi connectivity index (χ2n) is 7.04. The second kappa shape index (κ2) is 8.47. The van der Waals surface area contributed by atoms with Crippen LogP contribution in [0.5, 0.6) is 0 Å². The number of nitrogens with zero attached hydrogens (tertiary/aromatic N) is 3. The summed E-state index contributed by atoms with van der Waals surface area (Å²) in [5.74, 6) is 0. The number of benzene rings is 3. The van der Waals surface area contributed by atoms with E-state index in [1.54, 1.807) is 11.2 Å². The number of rotatable bonds is 7. The number of aromatic nitrogens is 1. The average molecular weight is 387 g/mol. The fourth-order valence-corrected chi connectivity index (χ4v) is 3.71. The van der Waals surface area contributed by atoms with Crippen molar-refractivity contribution in [2.45, 2.75) is 19.6 Å². The van der Waals surface area contributed by atoms with E-state index in [1.807, 2.05) is 30.3 Å². The van der Waals surface area contributed by atoms with Crippen LogP contribution in [0.25, 0.3) is 21.8 Å². The van der Waals surface area contributed by atoms with Crippen LogP contribution in [0.2, 0.25) is 0 Å². The Hall–Kier alpha value is -3.15. The highest BCUT2D eigenvalue weighted by Crippen LogP contribution is 2.29. The Morgan fingerprint density at radius 1 is 0.966 bits per heavy atom. The standard InChI is InChI=1S/C24H25N3O2/c1-2-26-23-11-7-6-10-21(23)22-14-18(12-13-24(22)26)15-25-27(16-20(29)17-28)19-8-4-3-5-9-19/h3-15,20,28-29H,2,16-17H2,1H3. The first-order valence-electron chi connectivity index (χ1n) is 9.87. The summed E-state index contributed by atoms with van der Waals surface area (Å²) in [7, 11) is 0. The van der Waals surface area contributed by atoms with E-state index in [9.17, 15) is 10.2 Å². The highest BCUT2D eigenvalue weighted by Gasteiger charge is 2.12. The molecule has 4 aromatic rings. The van der Waals surface area contributed by atoms with E-state index in [1.165, 1.54) is 21.8 Å². The van der Waals surface area contributed by atoms with E-state index < -0.39 is 6.10 Å². The molecule has 0 aliphatic heterocycles. The predicted molar refractivity (Wildman–Crippen MR) is 120 cm³/mol. The van der Waals surface area contributed by atoms with E-state index in [-0.39, 0.29) is 13.2 Å². The van der Waals surface area contributed by atoms with Crippen LogP contribution < -0.4 is 5.01 Å². The molecule has 0 aliphatic carbocycles. The number of hydrogen-bond donors (Lipinski definition) is 2. The summed E-state index contributed by atoms with van der Waals surface area (Å²) in [4.78, 5) is 0. The van der Waals surface area contributed by atoms with E-state index in [2.05, 4.69) is 59.1 Å². The molecule has 1 aromatic heterocycles. The monoisotopic (exact) mass is 387 g/mol. The lowest BCUT2D eigenvalue weighted by atomic mass is 10.1. The van der Waals surface area contributed by atoms with Gasteiger partial charge in [-0.05, 0) is 42.8 Å². The van der Waals surface area contributed by atoms with Crippen molar-refractivity contribution in [2.75, 3.05) is 18.2 Å². The molecule has 148 valence electrons. The molecule has 4 rings (SSSR count). The molecule has 0 saturated carbocycles. The molecule has 29 heavy (non-hydrogen) atoms. The summed E-state index contributed by atoms with van der Waals surface area (Å²) >= 11 is 0. The minimum atomic E-state index is -0.864. The predicted octanol–water partition coefficient (Wildman–Crippen LogP) is 4.01. The van der Waals surface area contributed by atoms with Crippen molar-refractivity contribution in [1.29, 1.82) is 0 Å². The average Bonchev–Trinajstić information content (AvgIpc) is 3.10. The van der Waals surface area contributed by atoms with Crippen LogP contribution in [0.3, 0.4) is 0 Å². The fraction of sp³-hybridized carbons (Fsp3) is 0.208. The third-order valence-electron chi connectivity index (χ3n) is 5.11. The maximum Gasteiger partial charge on any atom is 0.0966 e. The maximum atomic E-state index is 9.91. The zero-order chi connectivity index (χ0) is 20.2. The topological polar surface area (TPSA) is 61.0 Å². The van der Waals surface area contributed by atoms with Gasteiger partial charge in [-0.25, -0.2) is 0 Å². The smallest absolute Gasteiger partial charge is 0.0966 e. The zero-order valence-corrected chi connectivity index (χ0v) is 16.4. The number of aryl methyl sites for hydroxylation is 1. The van der Waals surface area contributed by atoms with Crippen LogP contribution in [0.1, 0.15) is 12.5 Å². The molecule has 0 spiro atoms. The van der Waals surface area contributed by atoms with Crippen LogP contribution >= 0.6 is 0 Å². The van der Waals surface area contributed by atoms with Crippen LogP contribution in [-0.2, 0) is 6.54 Å². The van der Waals surface area contributed by atoms with Gasteiger partial charge >= 0.3 is 0 Å². The highest BCUT2D eigenvalue weighted by molar-refractivity contribution is 6.09. The Morgan fingerprint density at radius 3 is 2.45 bits per heavy atom. The molecule has 0 fully saturated rings. The van der Waals surface area contributed by atoms with Gasteiger partial charge in [-0.1, -0.05) is 42.5 Å². The minimum Gasteiger partial charge on any atom is -0.394 e. The summed E-state index contributed by atoms with van der Waals surface area (Å²) in [6, 6.07) is 24.4. The Balaban J connectivity index is 1.71. The number of hydrogen-bond acceptors (Lipinski definition) is 4. The van der Waals surface area contributed by atoms with Gasteiger partial charge in [0.25, 0.3) is 0 Å². The van der Waals surface area contributed by atoms with Gasteiger partial charge in [0.2, 0.25) is 0 Å². The first-order chi connectivity index (χ1) is 14.2. The van der Waals surface area contributed by atoms with Gasteiger partial charge in [0.05, 0.1) is 31.2 Å². The summed E-state index contributed by atoms with van der Waals surface area (Å²) in [6.07, 6.45) is 0.937. The normalized spacial score (nSPS) is 12.8. The second-order valence-corrected chi connectivity index (χ2v) is 7.04. The number of anilines is 1. The van der Waals surface area contributed by atoms with Gasteiger partial charge in [-0.2, -0.15) is 5.10 Å². The SMILES string of the molecule is CCn1c2ccccc2c2cc(C=NN(CC(O)CO)c3ccccc3)ccc21. The molecule has 0 aliphatic rings. The Morgan fingerprint density at radius 2 is 1.69 bits per heavy atom. The number of para-hydroxylation sites is 2. The van der Waals surface area contributed by atoms with Crippen molar-refractivity contribution in [1.82, 2.24) is 4.57 Å². The molecule has 0 amide bonds.